The third-order valence-corrected chi connectivity index (χ3v) is 4.07. The summed E-state index contributed by atoms with van der Waals surface area (Å²) < 4.78 is 0. The summed E-state index contributed by atoms with van der Waals surface area (Å²) in [5.41, 5.74) is 1.66. The number of nitriles is 1. The number of hydrogen-bond donors (Lipinski definition) is 1. The Kier molecular flexibility index (Phi) is 3.63. The zero-order valence-corrected chi connectivity index (χ0v) is 12.2. The van der Waals surface area contributed by atoms with Crippen molar-refractivity contribution >= 4 is 22.6 Å². The van der Waals surface area contributed by atoms with Gasteiger partial charge in [-0.05, 0) is 18.4 Å². The number of carbonyl (C=O) groups is 1. The predicted octanol–water partition coefficient (Wildman–Crippen LogP) is 2.05. The summed E-state index contributed by atoms with van der Waals surface area (Å²) in [5, 5.41) is 27.6. The number of hydrogen-bond acceptors (Lipinski definition) is 5. The van der Waals surface area contributed by atoms with E-state index in [-0.39, 0.29) is 11.6 Å². The highest BCUT2D eigenvalue weighted by Crippen LogP contribution is 2.33. The number of carboxylic acids is 1. The summed E-state index contributed by atoms with van der Waals surface area (Å²) in [7, 11) is 0. The lowest BCUT2D eigenvalue weighted by Crippen LogP contribution is -2.43. The molecule has 112 valence electrons. The van der Waals surface area contributed by atoms with E-state index in [1.54, 1.807) is 0 Å². The Hall–Kier alpha value is -2.68. The molecular formula is C16H16N4O2. The first kappa shape index (κ1) is 14.3. The second kappa shape index (κ2) is 5.60. The summed E-state index contributed by atoms with van der Waals surface area (Å²) in [6.07, 6.45) is 0.657. The lowest BCUT2D eigenvalue weighted by molar-refractivity contribution is -0.142. The third kappa shape index (κ3) is 2.46. The van der Waals surface area contributed by atoms with Crippen LogP contribution in [0.15, 0.2) is 24.3 Å². The molecule has 2 aromatic rings. The minimum atomic E-state index is -0.790. The van der Waals surface area contributed by atoms with Crippen molar-refractivity contribution in [1.82, 2.24) is 10.2 Å². The van der Waals surface area contributed by atoms with Crippen LogP contribution in [0.1, 0.15) is 19.0 Å². The Morgan fingerprint density at radius 2 is 2.14 bits per heavy atom. The fraction of sp³-hybridized carbons (Fsp3) is 0.375. The minimum absolute atomic E-state index is 0.244. The molecule has 22 heavy (non-hydrogen) atoms. The molecule has 1 aliphatic heterocycles. The minimum Gasteiger partial charge on any atom is -0.481 e. The summed E-state index contributed by atoms with van der Waals surface area (Å²) >= 11 is 0. The summed E-state index contributed by atoms with van der Waals surface area (Å²) in [6.45, 7) is 3.14. The normalized spacial score (nSPS) is 21.5. The lowest BCUT2D eigenvalue weighted by atomic mass is 9.90. The predicted molar refractivity (Wildman–Crippen MR) is 81.4 cm³/mol. The van der Waals surface area contributed by atoms with Gasteiger partial charge < -0.3 is 10.0 Å². The molecule has 1 saturated heterocycles. The molecule has 1 N–H and O–H groups in total. The van der Waals surface area contributed by atoms with E-state index in [0.29, 0.717) is 30.7 Å². The molecule has 0 bridgehead atoms. The molecule has 1 fully saturated rings. The lowest BCUT2D eigenvalue weighted by Gasteiger charge is -2.36. The number of rotatable bonds is 2. The number of aliphatic carboxylic acids is 1. The number of nitrogens with zero attached hydrogens (tertiary/aromatic N) is 4. The Bertz CT molecular complexity index is 768. The first-order chi connectivity index (χ1) is 10.6. The molecule has 1 aliphatic rings. The van der Waals surface area contributed by atoms with Crippen LogP contribution >= 0.6 is 0 Å². The van der Waals surface area contributed by atoms with Gasteiger partial charge in [-0.15, -0.1) is 10.2 Å². The summed E-state index contributed by atoms with van der Waals surface area (Å²) in [6, 6.07) is 9.57. The maximum atomic E-state index is 11.4. The van der Waals surface area contributed by atoms with Crippen molar-refractivity contribution in [3.63, 3.8) is 0 Å². The summed E-state index contributed by atoms with van der Waals surface area (Å²) in [4.78, 5) is 13.3. The van der Waals surface area contributed by atoms with Gasteiger partial charge in [-0.1, -0.05) is 25.1 Å². The maximum absolute atomic E-state index is 11.4. The first-order valence-electron chi connectivity index (χ1n) is 7.23. The van der Waals surface area contributed by atoms with Crippen LogP contribution in [-0.4, -0.2) is 34.4 Å². The van der Waals surface area contributed by atoms with Gasteiger partial charge in [0, 0.05) is 18.5 Å². The highest BCUT2D eigenvalue weighted by molar-refractivity contribution is 5.93. The van der Waals surface area contributed by atoms with Crippen molar-refractivity contribution in [3.8, 4) is 6.07 Å². The molecular weight excluding hydrogens is 280 g/mol. The third-order valence-electron chi connectivity index (χ3n) is 4.07. The maximum Gasteiger partial charge on any atom is 0.308 e. The number of benzene rings is 1. The molecule has 2 unspecified atom stereocenters. The van der Waals surface area contributed by atoms with Gasteiger partial charge in [0.15, 0.2) is 5.69 Å². The van der Waals surface area contributed by atoms with Crippen molar-refractivity contribution < 1.29 is 9.90 Å². The zero-order valence-electron chi connectivity index (χ0n) is 12.2. The SMILES string of the molecule is CC1CC(C(=O)O)CN(c2c(C#N)nnc3ccccc23)C1. The van der Waals surface area contributed by atoms with Crippen LogP contribution in [0.2, 0.25) is 0 Å². The molecule has 0 spiro atoms. The molecule has 3 rings (SSSR count). The highest BCUT2D eigenvalue weighted by Gasteiger charge is 2.31. The molecule has 1 aromatic heterocycles. The number of piperidine rings is 1. The Morgan fingerprint density at radius 1 is 1.36 bits per heavy atom. The number of anilines is 1. The standard InChI is InChI=1S/C16H16N4O2/c1-10-6-11(16(21)22)9-20(8-10)15-12-4-2-3-5-13(12)18-19-14(15)7-17/h2-5,10-11H,6,8-9H2,1H3,(H,21,22). The quantitative estimate of drug-likeness (QED) is 0.912. The van der Waals surface area contributed by atoms with E-state index in [4.69, 9.17) is 0 Å². The van der Waals surface area contributed by atoms with Gasteiger partial charge in [0.25, 0.3) is 0 Å². The Morgan fingerprint density at radius 3 is 2.86 bits per heavy atom. The van der Waals surface area contributed by atoms with Crippen molar-refractivity contribution in [2.24, 2.45) is 11.8 Å². The van der Waals surface area contributed by atoms with Gasteiger partial charge in [-0.25, -0.2) is 0 Å². The zero-order chi connectivity index (χ0) is 15.7. The molecule has 0 saturated carbocycles. The van der Waals surface area contributed by atoms with E-state index >= 15 is 0 Å². The second-order valence-corrected chi connectivity index (χ2v) is 5.81. The van der Waals surface area contributed by atoms with E-state index < -0.39 is 11.9 Å². The van der Waals surface area contributed by atoms with Crippen LogP contribution in [0.3, 0.4) is 0 Å². The average Bonchev–Trinajstić information content (AvgIpc) is 2.53. The monoisotopic (exact) mass is 296 g/mol. The van der Waals surface area contributed by atoms with Crippen molar-refractivity contribution in [2.45, 2.75) is 13.3 Å². The molecule has 2 atom stereocenters. The van der Waals surface area contributed by atoms with Gasteiger partial charge in [-0.3, -0.25) is 4.79 Å². The summed E-state index contributed by atoms with van der Waals surface area (Å²) in [5.74, 6) is -0.975. The van der Waals surface area contributed by atoms with E-state index in [1.807, 2.05) is 36.1 Å². The van der Waals surface area contributed by atoms with Crippen molar-refractivity contribution in [2.75, 3.05) is 18.0 Å². The van der Waals surface area contributed by atoms with Crippen LogP contribution in [0.4, 0.5) is 5.69 Å². The largest absolute Gasteiger partial charge is 0.481 e. The van der Waals surface area contributed by atoms with Crippen molar-refractivity contribution in [1.29, 1.82) is 5.26 Å². The molecule has 6 nitrogen and oxygen atoms in total. The van der Waals surface area contributed by atoms with E-state index in [2.05, 4.69) is 16.3 Å². The van der Waals surface area contributed by atoms with E-state index in [9.17, 15) is 15.2 Å². The topological polar surface area (TPSA) is 90.1 Å². The van der Waals surface area contributed by atoms with Crippen LogP contribution in [-0.2, 0) is 4.79 Å². The van der Waals surface area contributed by atoms with Gasteiger partial charge in [0.05, 0.1) is 17.1 Å². The van der Waals surface area contributed by atoms with Gasteiger partial charge in [0.2, 0.25) is 0 Å². The van der Waals surface area contributed by atoms with Crippen LogP contribution in [0, 0.1) is 23.2 Å². The molecule has 0 amide bonds. The molecule has 0 aliphatic carbocycles. The molecule has 6 heteroatoms. The Balaban J connectivity index is 2.12. The van der Waals surface area contributed by atoms with Crippen LogP contribution in [0.5, 0.6) is 0 Å². The highest BCUT2D eigenvalue weighted by atomic mass is 16.4. The van der Waals surface area contributed by atoms with Gasteiger partial charge in [-0.2, -0.15) is 5.26 Å². The number of carboxylic acid groups (broad SMARTS) is 1. The molecule has 0 radical (unpaired) electrons. The van der Waals surface area contributed by atoms with Crippen LogP contribution < -0.4 is 4.90 Å². The Labute approximate surface area is 128 Å². The van der Waals surface area contributed by atoms with Crippen LogP contribution in [0.25, 0.3) is 10.9 Å². The van der Waals surface area contributed by atoms with E-state index in [0.717, 1.165) is 5.39 Å². The molecule has 1 aromatic carbocycles. The van der Waals surface area contributed by atoms with E-state index in [1.165, 1.54) is 0 Å². The fourth-order valence-electron chi connectivity index (χ4n) is 3.15. The first-order valence-corrected chi connectivity index (χ1v) is 7.23. The average molecular weight is 296 g/mol. The number of aromatic nitrogens is 2. The van der Waals surface area contributed by atoms with Gasteiger partial charge in [0.1, 0.15) is 6.07 Å². The smallest absolute Gasteiger partial charge is 0.308 e. The fourth-order valence-corrected chi connectivity index (χ4v) is 3.15. The molecule has 2 heterocycles. The second-order valence-electron chi connectivity index (χ2n) is 5.81. The number of fused-ring (bicyclic) bond motifs is 1. The van der Waals surface area contributed by atoms with Gasteiger partial charge >= 0.3 is 5.97 Å². The van der Waals surface area contributed by atoms with Crippen molar-refractivity contribution in [3.05, 3.63) is 30.0 Å².